The number of halogens is 2. The molecule has 0 aliphatic rings. The molecule has 5 heteroatoms. The third kappa shape index (κ3) is 3.13. The van der Waals surface area contributed by atoms with E-state index in [0.717, 1.165) is 0 Å². The van der Waals surface area contributed by atoms with Crippen LogP contribution in [0.3, 0.4) is 0 Å². The maximum Gasteiger partial charge on any atom is 0.337 e. The molecule has 2 rings (SSSR count). The van der Waals surface area contributed by atoms with Crippen LogP contribution in [0.25, 0.3) is 11.6 Å². The average molecular weight is 299 g/mol. The topological polar surface area (TPSA) is 37.3 Å². The fraction of sp³-hybridized carbons (Fsp3) is 0. The molecule has 2 aromatic rings. The van der Waals surface area contributed by atoms with E-state index in [1.807, 2.05) is 11.4 Å². The van der Waals surface area contributed by atoms with Crippen LogP contribution < -0.4 is 0 Å². The van der Waals surface area contributed by atoms with Gasteiger partial charge in [0.15, 0.2) is 0 Å². The summed E-state index contributed by atoms with van der Waals surface area (Å²) in [5, 5.41) is 12.0. The fourth-order valence-corrected chi connectivity index (χ4v) is 2.77. The number of carboxylic acid groups (broad SMARTS) is 1. The highest BCUT2D eigenvalue weighted by molar-refractivity contribution is 7.11. The Morgan fingerprint density at radius 2 is 1.89 bits per heavy atom. The maximum atomic E-state index is 11.2. The van der Waals surface area contributed by atoms with E-state index in [0.29, 0.717) is 20.5 Å². The van der Waals surface area contributed by atoms with Gasteiger partial charge in [-0.25, -0.2) is 4.79 Å². The lowest BCUT2D eigenvalue weighted by Crippen LogP contribution is -1.97. The van der Waals surface area contributed by atoms with E-state index in [4.69, 9.17) is 23.2 Å². The largest absolute Gasteiger partial charge is 0.478 e. The van der Waals surface area contributed by atoms with Crippen molar-refractivity contribution < 1.29 is 9.90 Å². The Bertz CT molecular complexity index is 583. The number of carbonyl (C=O) groups is 1. The molecule has 0 bridgehead atoms. The predicted molar refractivity (Wildman–Crippen MR) is 76.3 cm³/mol. The minimum atomic E-state index is -0.978. The molecule has 0 atom stereocenters. The van der Waals surface area contributed by atoms with Crippen molar-refractivity contribution >= 4 is 52.2 Å². The normalized spacial score (nSPS) is 11.6. The predicted octanol–water partition coefficient (Wildman–Crippen LogP) is 4.68. The highest BCUT2D eigenvalue weighted by Crippen LogP contribution is 2.26. The van der Waals surface area contributed by atoms with Gasteiger partial charge < -0.3 is 5.11 Å². The highest BCUT2D eigenvalue weighted by Gasteiger charge is 2.11. The number of hydrogen-bond donors (Lipinski definition) is 1. The van der Waals surface area contributed by atoms with Crippen LogP contribution in [0.5, 0.6) is 0 Å². The second-order valence-electron chi connectivity index (χ2n) is 3.54. The van der Waals surface area contributed by atoms with Gasteiger partial charge in [-0.1, -0.05) is 29.3 Å². The molecule has 0 aliphatic carbocycles. The van der Waals surface area contributed by atoms with Gasteiger partial charge in [0.05, 0.1) is 5.57 Å². The zero-order valence-corrected chi connectivity index (χ0v) is 11.4. The second kappa shape index (κ2) is 5.57. The van der Waals surface area contributed by atoms with E-state index in [9.17, 15) is 9.90 Å². The van der Waals surface area contributed by atoms with Crippen LogP contribution in [-0.2, 0) is 4.79 Å². The average Bonchev–Trinajstić information content (AvgIpc) is 2.77. The molecule has 0 amide bonds. The van der Waals surface area contributed by atoms with E-state index < -0.39 is 5.97 Å². The maximum absolute atomic E-state index is 11.2. The van der Waals surface area contributed by atoms with Crippen LogP contribution in [0.1, 0.15) is 10.4 Å². The van der Waals surface area contributed by atoms with Crippen molar-refractivity contribution in [3.05, 3.63) is 56.2 Å². The Hall–Kier alpha value is -1.29. The van der Waals surface area contributed by atoms with E-state index in [-0.39, 0.29) is 5.57 Å². The van der Waals surface area contributed by atoms with Gasteiger partial charge in [0.1, 0.15) is 0 Å². The Morgan fingerprint density at radius 3 is 2.39 bits per heavy atom. The summed E-state index contributed by atoms with van der Waals surface area (Å²) in [5.74, 6) is -0.978. The lowest BCUT2D eigenvalue weighted by molar-refractivity contribution is -0.130. The van der Waals surface area contributed by atoms with Crippen LogP contribution in [0.2, 0.25) is 10.0 Å². The van der Waals surface area contributed by atoms with Gasteiger partial charge in [-0.3, -0.25) is 0 Å². The van der Waals surface area contributed by atoms with Crippen molar-refractivity contribution in [3.8, 4) is 0 Å². The monoisotopic (exact) mass is 298 g/mol. The van der Waals surface area contributed by atoms with Gasteiger partial charge >= 0.3 is 5.97 Å². The van der Waals surface area contributed by atoms with Crippen LogP contribution in [-0.4, -0.2) is 11.1 Å². The number of hydrogen-bond acceptors (Lipinski definition) is 2. The summed E-state index contributed by atoms with van der Waals surface area (Å²) in [6.45, 7) is 0. The zero-order valence-electron chi connectivity index (χ0n) is 9.06. The summed E-state index contributed by atoms with van der Waals surface area (Å²) in [5.41, 5.74) is 0.890. The Labute approximate surface area is 118 Å². The van der Waals surface area contributed by atoms with Crippen molar-refractivity contribution in [3.63, 3.8) is 0 Å². The van der Waals surface area contributed by atoms with Gasteiger partial charge in [0.2, 0.25) is 0 Å². The zero-order chi connectivity index (χ0) is 13.1. The first-order valence-corrected chi connectivity index (χ1v) is 6.65. The van der Waals surface area contributed by atoms with Crippen LogP contribution >= 0.6 is 34.5 Å². The highest BCUT2D eigenvalue weighted by atomic mass is 35.5. The second-order valence-corrected chi connectivity index (χ2v) is 5.36. The molecule has 0 saturated carbocycles. The molecule has 92 valence electrons. The van der Waals surface area contributed by atoms with Gasteiger partial charge in [-0.2, -0.15) is 0 Å². The molecule has 1 aromatic carbocycles. The summed E-state index contributed by atoms with van der Waals surface area (Å²) in [7, 11) is 0. The molecule has 0 fully saturated rings. The minimum Gasteiger partial charge on any atom is -0.478 e. The first-order valence-electron chi connectivity index (χ1n) is 5.01. The van der Waals surface area contributed by atoms with Crippen molar-refractivity contribution in [2.45, 2.75) is 0 Å². The number of carboxylic acids is 1. The summed E-state index contributed by atoms with van der Waals surface area (Å²) in [4.78, 5) is 11.9. The fourth-order valence-electron chi connectivity index (χ4n) is 1.50. The smallest absolute Gasteiger partial charge is 0.337 e. The van der Waals surface area contributed by atoms with E-state index in [1.165, 1.54) is 11.3 Å². The molecule has 0 aliphatic heterocycles. The Balaban J connectivity index is 2.48. The molecule has 1 N–H and O–H groups in total. The first kappa shape index (κ1) is 13.1. The first-order chi connectivity index (χ1) is 8.56. The Kier molecular flexibility index (Phi) is 4.07. The van der Waals surface area contributed by atoms with Gasteiger partial charge in [0.25, 0.3) is 0 Å². The molecule has 1 aromatic heterocycles. The third-order valence-electron chi connectivity index (χ3n) is 2.21. The van der Waals surface area contributed by atoms with E-state index in [1.54, 1.807) is 30.3 Å². The minimum absolute atomic E-state index is 0.225. The molecule has 18 heavy (non-hydrogen) atoms. The SMILES string of the molecule is O=C(O)/C(=C\c1cc(Cl)cc(Cl)c1)c1cccs1. The van der Waals surface area contributed by atoms with Gasteiger partial charge in [-0.05, 0) is 41.3 Å². The molecule has 1 heterocycles. The number of benzene rings is 1. The van der Waals surface area contributed by atoms with Crippen molar-refractivity contribution in [1.82, 2.24) is 0 Å². The van der Waals surface area contributed by atoms with Crippen LogP contribution in [0.15, 0.2) is 35.7 Å². The summed E-state index contributed by atoms with van der Waals surface area (Å²) in [6, 6.07) is 8.51. The van der Waals surface area contributed by atoms with E-state index in [2.05, 4.69) is 0 Å². The third-order valence-corrected chi connectivity index (χ3v) is 3.55. The van der Waals surface area contributed by atoms with Crippen molar-refractivity contribution in [2.75, 3.05) is 0 Å². The molecule has 0 saturated heterocycles. The Morgan fingerprint density at radius 1 is 1.22 bits per heavy atom. The van der Waals surface area contributed by atoms with Crippen LogP contribution in [0, 0.1) is 0 Å². The molecular weight excluding hydrogens is 291 g/mol. The standard InChI is InChI=1S/C13H8Cl2O2S/c14-9-4-8(5-10(15)7-9)6-11(13(16)17)12-2-1-3-18-12/h1-7H,(H,16,17)/b11-6-. The van der Waals surface area contributed by atoms with E-state index >= 15 is 0 Å². The number of rotatable bonds is 3. The lowest BCUT2D eigenvalue weighted by atomic mass is 10.1. The molecule has 0 radical (unpaired) electrons. The molecule has 2 nitrogen and oxygen atoms in total. The number of aliphatic carboxylic acids is 1. The summed E-state index contributed by atoms with van der Waals surface area (Å²) < 4.78 is 0. The summed E-state index contributed by atoms with van der Waals surface area (Å²) in [6.07, 6.45) is 1.56. The van der Waals surface area contributed by atoms with Crippen molar-refractivity contribution in [2.24, 2.45) is 0 Å². The molecule has 0 unspecified atom stereocenters. The lowest BCUT2D eigenvalue weighted by Gasteiger charge is -2.01. The summed E-state index contributed by atoms with van der Waals surface area (Å²) >= 11 is 13.1. The van der Waals surface area contributed by atoms with Gasteiger partial charge in [0, 0.05) is 14.9 Å². The van der Waals surface area contributed by atoms with Crippen LogP contribution in [0.4, 0.5) is 0 Å². The molecular formula is C13H8Cl2O2S. The molecule has 0 spiro atoms. The quantitative estimate of drug-likeness (QED) is 0.835. The number of thiophene rings is 1. The van der Waals surface area contributed by atoms with Gasteiger partial charge in [-0.15, -0.1) is 11.3 Å². The van der Waals surface area contributed by atoms with Crippen molar-refractivity contribution in [1.29, 1.82) is 0 Å².